The summed E-state index contributed by atoms with van der Waals surface area (Å²) in [5.41, 5.74) is 0.733. The Kier molecular flexibility index (Phi) is 7.76. The highest BCUT2D eigenvalue weighted by Crippen LogP contribution is 2.17. The van der Waals surface area contributed by atoms with Gasteiger partial charge in [-0.1, -0.05) is 6.07 Å². The van der Waals surface area contributed by atoms with Crippen LogP contribution in [0.5, 0.6) is 0 Å². The number of rotatable bonds is 6. The zero-order chi connectivity index (χ0) is 15.2. The van der Waals surface area contributed by atoms with Crippen molar-refractivity contribution < 1.29 is 13.6 Å². The second kappa shape index (κ2) is 9.06. The van der Waals surface area contributed by atoms with Crippen LogP contribution in [0, 0.1) is 17.6 Å². The number of carbonyl (C=O) groups excluding carboxylic acids is 1. The Balaban J connectivity index is 0.00000242. The van der Waals surface area contributed by atoms with Gasteiger partial charge >= 0.3 is 0 Å². The molecular weight excluding hydrogens is 310 g/mol. The van der Waals surface area contributed by atoms with E-state index in [4.69, 9.17) is 0 Å². The van der Waals surface area contributed by atoms with Gasteiger partial charge in [0.1, 0.15) is 0 Å². The average Bonchev–Trinajstić information content (AvgIpc) is 2.92. The Morgan fingerprint density at radius 1 is 1.36 bits per heavy atom. The van der Waals surface area contributed by atoms with Gasteiger partial charge in [0.2, 0.25) is 5.91 Å². The van der Waals surface area contributed by atoms with Crippen molar-refractivity contribution in [2.45, 2.75) is 25.7 Å². The van der Waals surface area contributed by atoms with E-state index in [1.165, 1.54) is 6.07 Å². The molecule has 1 atom stereocenters. The molecule has 124 valence electrons. The van der Waals surface area contributed by atoms with Crippen LogP contribution in [-0.2, 0) is 11.2 Å². The molecule has 2 rings (SSSR count). The molecule has 1 saturated heterocycles. The van der Waals surface area contributed by atoms with Crippen molar-refractivity contribution in [3.8, 4) is 0 Å². The first-order valence-corrected chi connectivity index (χ1v) is 7.46. The summed E-state index contributed by atoms with van der Waals surface area (Å²) in [4.78, 5) is 14.0. The fourth-order valence-electron chi connectivity index (χ4n) is 2.81. The minimum absolute atomic E-state index is 0. The minimum Gasteiger partial charge on any atom is -0.342 e. The molecule has 1 heterocycles. The molecule has 0 bridgehead atoms. The molecule has 0 spiro atoms. The van der Waals surface area contributed by atoms with E-state index in [0.29, 0.717) is 25.2 Å². The van der Waals surface area contributed by atoms with Gasteiger partial charge in [0.25, 0.3) is 0 Å². The maximum absolute atomic E-state index is 13.1. The molecular formula is C16H23ClF2N2O. The largest absolute Gasteiger partial charge is 0.342 e. The van der Waals surface area contributed by atoms with Crippen molar-refractivity contribution >= 4 is 18.3 Å². The molecule has 1 amide bonds. The highest BCUT2D eigenvalue weighted by atomic mass is 35.5. The van der Waals surface area contributed by atoms with Gasteiger partial charge in [0.15, 0.2) is 11.6 Å². The summed E-state index contributed by atoms with van der Waals surface area (Å²) in [5.74, 6) is -0.947. The lowest BCUT2D eigenvalue weighted by molar-refractivity contribution is -0.130. The number of halogens is 3. The Bertz CT molecular complexity index is 499. The monoisotopic (exact) mass is 332 g/mol. The van der Waals surface area contributed by atoms with Crippen LogP contribution in [0.4, 0.5) is 8.78 Å². The third-order valence-electron chi connectivity index (χ3n) is 3.97. The van der Waals surface area contributed by atoms with Crippen LogP contribution in [0.3, 0.4) is 0 Å². The van der Waals surface area contributed by atoms with Gasteiger partial charge in [0.05, 0.1) is 0 Å². The Morgan fingerprint density at radius 3 is 2.82 bits per heavy atom. The van der Waals surface area contributed by atoms with Crippen LogP contribution >= 0.6 is 12.4 Å². The predicted octanol–water partition coefficient (Wildman–Crippen LogP) is 2.78. The third-order valence-corrected chi connectivity index (χ3v) is 3.97. The third kappa shape index (κ3) is 5.21. The van der Waals surface area contributed by atoms with Crippen LogP contribution in [0.1, 0.15) is 24.8 Å². The van der Waals surface area contributed by atoms with Crippen molar-refractivity contribution in [3.05, 3.63) is 35.4 Å². The molecule has 1 aromatic carbocycles. The van der Waals surface area contributed by atoms with E-state index in [9.17, 15) is 13.6 Å². The van der Waals surface area contributed by atoms with Gasteiger partial charge in [0, 0.05) is 19.5 Å². The number of hydrogen-bond donors (Lipinski definition) is 1. The molecule has 0 saturated carbocycles. The number of amides is 1. The van der Waals surface area contributed by atoms with E-state index in [0.717, 1.165) is 37.7 Å². The highest BCUT2D eigenvalue weighted by Gasteiger charge is 2.25. The zero-order valence-corrected chi connectivity index (χ0v) is 13.6. The number of benzene rings is 1. The number of nitrogens with zero attached hydrogens (tertiary/aromatic N) is 1. The lowest BCUT2D eigenvalue weighted by atomic mass is 10.1. The van der Waals surface area contributed by atoms with Crippen molar-refractivity contribution in [3.63, 3.8) is 0 Å². The average molecular weight is 333 g/mol. The number of nitrogens with one attached hydrogen (secondary N) is 1. The summed E-state index contributed by atoms with van der Waals surface area (Å²) in [6, 6.07) is 3.91. The quantitative estimate of drug-likeness (QED) is 0.868. The van der Waals surface area contributed by atoms with E-state index < -0.39 is 11.6 Å². The summed E-state index contributed by atoms with van der Waals surface area (Å²) in [7, 11) is 1.92. The molecule has 0 radical (unpaired) electrons. The van der Waals surface area contributed by atoms with Gasteiger partial charge in [-0.3, -0.25) is 4.79 Å². The number of aryl methyl sites for hydroxylation is 1. The van der Waals surface area contributed by atoms with Crippen LogP contribution < -0.4 is 5.32 Å². The van der Waals surface area contributed by atoms with E-state index >= 15 is 0 Å². The number of likely N-dealkylation sites (tertiary alicyclic amines) is 1. The summed E-state index contributed by atoms with van der Waals surface area (Å²) in [5, 5.41) is 3.14. The van der Waals surface area contributed by atoms with Gasteiger partial charge in [-0.15, -0.1) is 12.4 Å². The number of hydrogen-bond acceptors (Lipinski definition) is 2. The van der Waals surface area contributed by atoms with E-state index in [1.807, 2.05) is 11.9 Å². The van der Waals surface area contributed by atoms with Crippen LogP contribution in [0.25, 0.3) is 0 Å². The molecule has 22 heavy (non-hydrogen) atoms. The summed E-state index contributed by atoms with van der Waals surface area (Å²) in [6.45, 7) is 2.60. The van der Waals surface area contributed by atoms with Crippen LogP contribution in [0.15, 0.2) is 18.2 Å². The van der Waals surface area contributed by atoms with Crippen LogP contribution in [-0.4, -0.2) is 37.5 Å². The topological polar surface area (TPSA) is 32.3 Å². The molecule has 0 aliphatic carbocycles. The van der Waals surface area contributed by atoms with E-state index in [1.54, 1.807) is 6.07 Å². The molecule has 1 aliphatic rings. The van der Waals surface area contributed by atoms with Crippen molar-refractivity contribution in [2.24, 2.45) is 5.92 Å². The fourth-order valence-corrected chi connectivity index (χ4v) is 2.81. The van der Waals surface area contributed by atoms with Gasteiger partial charge in [-0.05, 0) is 56.5 Å². The standard InChI is InChI=1S/C16H22F2N2O.ClH/c1-19-10-13-7-8-20(11-13)16(21)4-2-3-12-5-6-14(17)15(18)9-12;/h5-6,9,13,19H,2-4,7-8,10-11H2,1H3;1H. The lowest BCUT2D eigenvalue weighted by Crippen LogP contribution is -2.30. The van der Waals surface area contributed by atoms with E-state index in [2.05, 4.69) is 5.32 Å². The summed E-state index contributed by atoms with van der Waals surface area (Å²) < 4.78 is 25.9. The molecule has 1 unspecified atom stereocenters. The highest BCUT2D eigenvalue weighted by molar-refractivity contribution is 5.85. The van der Waals surface area contributed by atoms with Gasteiger partial charge in [-0.2, -0.15) is 0 Å². The van der Waals surface area contributed by atoms with Crippen LogP contribution in [0.2, 0.25) is 0 Å². The zero-order valence-electron chi connectivity index (χ0n) is 12.8. The summed E-state index contributed by atoms with van der Waals surface area (Å²) in [6.07, 6.45) is 2.77. The summed E-state index contributed by atoms with van der Waals surface area (Å²) >= 11 is 0. The molecule has 1 aliphatic heterocycles. The van der Waals surface area contributed by atoms with E-state index in [-0.39, 0.29) is 18.3 Å². The molecule has 1 fully saturated rings. The maximum Gasteiger partial charge on any atom is 0.222 e. The van der Waals surface area contributed by atoms with Crippen molar-refractivity contribution in [2.75, 3.05) is 26.7 Å². The van der Waals surface area contributed by atoms with Crippen molar-refractivity contribution in [1.82, 2.24) is 10.2 Å². The van der Waals surface area contributed by atoms with Crippen molar-refractivity contribution in [1.29, 1.82) is 0 Å². The molecule has 0 aromatic heterocycles. The van der Waals surface area contributed by atoms with Gasteiger partial charge < -0.3 is 10.2 Å². The molecule has 3 nitrogen and oxygen atoms in total. The first-order chi connectivity index (χ1) is 10.1. The maximum atomic E-state index is 13.1. The second-order valence-electron chi connectivity index (χ2n) is 5.65. The Morgan fingerprint density at radius 2 is 2.14 bits per heavy atom. The molecule has 6 heteroatoms. The molecule has 1 aromatic rings. The normalized spacial score (nSPS) is 17.4. The first-order valence-electron chi connectivity index (χ1n) is 7.46. The lowest BCUT2D eigenvalue weighted by Gasteiger charge is -2.16. The molecule has 1 N–H and O–H groups in total. The minimum atomic E-state index is -0.831. The smallest absolute Gasteiger partial charge is 0.222 e. The Labute approximate surface area is 136 Å². The Hall–Kier alpha value is -1.20. The predicted molar refractivity (Wildman–Crippen MR) is 85.2 cm³/mol. The number of carbonyl (C=O) groups is 1. The SMILES string of the molecule is CNCC1CCN(C(=O)CCCc2ccc(F)c(F)c2)C1.Cl. The van der Waals surface area contributed by atoms with Gasteiger partial charge in [-0.25, -0.2) is 8.78 Å². The first kappa shape index (κ1) is 18.8. The fraction of sp³-hybridized carbons (Fsp3) is 0.562. The second-order valence-corrected chi connectivity index (χ2v) is 5.65.